The molecule has 0 spiro atoms. The molecule has 3 aliphatic heterocycles. The minimum absolute atomic E-state index is 0.0622. The van der Waals surface area contributed by atoms with Crippen LogP contribution < -0.4 is 5.32 Å². The maximum absolute atomic E-state index is 11.9. The molecule has 2 saturated heterocycles. The summed E-state index contributed by atoms with van der Waals surface area (Å²) in [7, 11) is 0. The zero-order valence-electron chi connectivity index (χ0n) is 25.0. The molecule has 0 radical (unpaired) electrons. The second-order valence-corrected chi connectivity index (χ2v) is 11.2. The monoisotopic (exact) mass is 684 g/mol. The Morgan fingerprint density at radius 1 is 0.826 bits per heavy atom. The van der Waals surface area contributed by atoms with E-state index >= 15 is 0 Å². The molecule has 2 fully saturated rings. The largest absolute Gasteiger partial charge is 0.394 e. The van der Waals surface area contributed by atoms with Gasteiger partial charge in [-0.05, 0) is 12.8 Å². The van der Waals surface area contributed by atoms with Crippen molar-refractivity contribution in [2.24, 2.45) is 0 Å². The van der Waals surface area contributed by atoms with E-state index in [0.29, 0.717) is 12.8 Å². The van der Waals surface area contributed by atoms with Crippen molar-refractivity contribution in [1.29, 1.82) is 0 Å². The standard InChI is InChI=1S/C27H44N2O16S/c30-12-14-19(34)20(35)22(37)27(43-14)45-24-15(13-31)44-26(23(38)21(24)36)42-10-9-41-8-7-40-6-4-28-17(32)3-1-2-5-29-18(33)11-16(46)25(29)39/h11,14-15,19-24,26-27,30-31,34-38,46H,1-10,12-13H2,(H,28,32)/t14-,15-,19+,20-,21-,22+,23+,24-,26+,27-/m1/s1. The molecule has 3 amide bonds. The third-order valence-corrected chi connectivity index (χ3v) is 7.76. The molecule has 10 atom stereocenters. The first kappa shape index (κ1) is 38.6. The molecule has 0 aliphatic carbocycles. The van der Waals surface area contributed by atoms with E-state index in [4.69, 9.17) is 28.4 Å². The number of amides is 3. The van der Waals surface area contributed by atoms with Crippen LogP contribution in [0.4, 0.5) is 0 Å². The van der Waals surface area contributed by atoms with E-state index in [1.165, 1.54) is 6.08 Å². The molecule has 19 heteroatoms. The maximum Gasteiger partial charge on any atom is 0.267 e. The molecule has 3 aliphatic rings. The van der Waals surface area contributed by atoms with Crippen LogP contribution in [0.3, 0.4) is 0 Å². The van der Waals surface area contributed by atoms with Gasteiger partial charge >= 0.3 is 0 Å². The highest BCUT2D eigenvalue weighted by Crippen LogP contribution is 2.29. The van der Waals surface area contributed by atoms with Gasteiger partial charge in [0.1, 0.15) is 48.8 Å². The number of unbranched alkanes of at least 4 members (excludes halogenated alkanes) is 1. The Hall–Kier alpha value is -1.82. The highest BCUT2D eigenvalue weighted by atomic mass is 32.1. The van der Waals surface area contributed by atoms with Crippen LogP contribution in [0, 0.1) is 0 Å². The number of carbonyl (C=O) groups is 3. The Kier molecular flexibility index (Phi) is 16.2. The number of nitrogens with one attached hydrogen (secondary N) is 1. The Morgan fingerprint density at radius 3 is 2.11 bits per heavy atom. The number of imide groups is 1. The minimum Gasteiger partial charge on any atom is -0.394 e. The Balaban J connectivity index is 1.22. The van der Waals surface area contributed by atoms with Crippen LogP contribution in [0.1, 0.15) is 19.3 Å². The molecule has 264 valence electrons. The van der Waals surface area contributed by atoms with Crippen LogP contribution in [0.2, 0.25) is 0 Å². The molecular formula is C27H44N2O16S. The quantitative estimate of drug-likeness (QED) is 0.0351. The Morgan fingerprint density at radius 2 is 1.46 bits per heavy atom. The molecular weight excluding hydrogens is 640 g/mol. The fourth-order valence-corrected chi connectivity index (χ4v) is 5.08. The molecule has 0 unspecified atom stereocenters. The van der Waals surface area contributed by atoms with Crippen molar-refractivity contribution in [3.63, 3.8) is 0 Å². The molecule has 0 aromatic rings. The highest BCUT2D eigenvalue weighted by Gasteiger charge is 2.50. The van der Waals surface area contributed by atoms with Crippen molar-refractivity contribution in [3.05, 3.63) is 11.0 Å². The fraction of sp³-hybridized carbons (Fsp3) is 0.815. The zero-order chi connectivity index (χ0) is 33.8. The average Bonchev–Trinajstić information content (AvgIpc) is 3.28. The SMILES string of the molecule is O=C(CCCCN1C(=O)C=C(S)C1=O)NCCOCCOCCO[C@H]1O[C@H](CO)[C@@H](O[C@H]2O[C@H](CO)[C@H](O)[C@@H](O)[C@@H]2O)[C@H](O)[C@@H]1O. The lowest BCUT2D eigenvalue weighted by molar-refractivity contribution is -0.359. The molecule has 3 heterocycles. The van der Waals surface area contributed by atoms with Crippen LogP contribution in [0.25, 0.3) is 0 Å². The lowest BCUT2D eigenvalue weighted by Gasteiger charge is -2.45. The predicted molar refractivity (Wildman–Crippen MR) is 155 cm³/mol. The lowest BCUT2D eigenvalue weighted by Crippen LogP contribution is -2.64. The summed E-state index contributed by atoms with van der Waals surface area (Å²) in [5, 5.41) is 73.0. The van der Waals surface area contributed by atoms with E-state index in [-0.39, 0.29) is 63.4 Å². The summed E-state index contributed by atoms with van der Waals surface area (Å²) in [5.74, 6) is -1.02. The minimum atomic E-state index is -1.76. The summed E-state index contributed by atoms with van der Waals surface area (Å²) in [6.07, 6.45) is -13.0. The summed E-state index contributed by atoms with van der Waals surface area (Å²) in [6.45, 7) is -0.208. The maximum atomic E-state index is 11.9. The second-order valence-electron chi connectivity index (χ2n) is 10.7. The third kappa shape index (κ3) is 10.6. The van der Waals surface area contributed by atoms with E-state index in [2.05, 4.69) is 17.9 Å². The highest BCUT2D eigenvalue weighted by molar-refractivity contribution is 7.85. The van der Waals surface area contributed by atoms with Gasteiger partial charge in [-0.25, -0.2) is 0 Å². The third-order valence-electron chi connectivity index (χ3n) is 7.44. The molecule has 0 bridgehead atoms. The molecule has 18 nitrogen and oxygen atoms in total. The molecule has 0 saturated carbocycles. The summed E-state index contributed by atoms with van der Waals surface area (Å²) in [6, 6.07) is 0. The van der Waals surface area contributed by atoms with Crippen molar-refractivity contribution >= 4 is 30.4 Å². The number of aliphatic hydroxyl groups is 7. The molecule has 3 rings (SSSR count). The van der Waals surface area contributed by atoms with Crippen molar-refractivity contribution in [2.75, 3.05) is 59.3 Å². The first-order valence-electron chi connectivity index (χ1n) is 14.9. The van der Waals surface area contributed by atoms with Gasteiger partial charge in [0.25, 0.3) is 11.8 Å². The summed E-state index contributed by atoms with van der Waals surface area (Å²) in [4.78, 5) is 36.5. The number of ether oxygens (including phenoxy) is 6. The van der Waals surface area contributed by atoms with E-state index in [9.17, 15) is 50.1 Å². The number of carbonyl (C=O) groups excluding carboxylic acids is 3. The number of aliphatic hydroxyl groups excluding tert-OH is 7. The topological polar surface area (TPSA) is 263 Å². The number of hydrogen-bond donors (Lipinski definition) is 9. The normalized spacial score (nSPS) is 33.4. The summed E-state index contributed by atoms with van der Waals surface area (Å²) >= 11 is 3.93. The van der Waals surface area contributed by atoms with Crippen molar-refractivity contribution in [2.45, 2.75) is 80.7 Å². The van der Waals surface area contributed by atoms with Crippen LogP contribution in [0.5, 0.6) is 0 Å². The van der Waals surface area contributed by atoms with Gasteiger partial charge in [0, 0.05) is 25.6 Å². The lowest BCUT2D eigenvalue weighted by atomic mass is 9.97. The Labute approximate surface area is 270 Å². The van der Waals surface area contributed by atoms with E-state index < -0.39 is 86.4 Å². The van der Waals surface area contributed by atoms with Gasteiger partial charge in [-0.15, -0.1) is 12.6 Å². The molecule has 0 aromatic carbocycles. The van der Waals surface area contributed by atoms with Gasteiger partial charge in [-0.1, -0.05) is 0 Å². The average molecular weight is 685 g/mol. The van der Waals surface area contributed by atoms with Crippen LogP contribution >= 0.6 is 12.6 Å². The second kappa shape index (κ2) is 19.2. The van der Waals surface area contributed by atoms with Crippen molar-refractivity contribution < 1.29 is 78.6 Å². The molecule has 46 heavy (non-hydrogen) atoms. The van der Waals surface area contributed by atoms with Crippen molar-refractivity contribution in [1.82, 2.24) is 10.2 Å². The van der Waals surface area contributed by atoms with Crippen LogP contribution in [0.15, 0.2) is 11.0 Å². The Bertz CT molecular complexity index is 1020. The molecule has 8 N–H and O–H groups in total. The smallest absolute Gasteiger partial charge is 0.267 e. The van der Waals surface area contributed by atoms with Crippen molar-refractivity contribution in [3.8, 4) is 0 Å². The first-order chi connectivity index (χ1) is 22.0. The van der Waals surface area contributed by atoms with Gasteiger partial charge < -0.3 is 69.5 Å². The summed E-state index contributed by atoms with van der Waals surface area (Å²) < 4.78 is 32.5. The van der Waals surface area contributed by atoms with E-state index in [0.717, 1.165) is 4.90 Å². The van der Waals surface area contributed by atoms with E-state index in [1.807, 2.05) is 0 Å². The van der Waals surface area contributed by atoms with Crippen LogP contribution in [-0.4, -0.2) is 179 Å². The fourth-order valence-electron chi connectivity index (χ4n) is 4.85. The number of thiol groups is 1. The van der Waals surface area contributed by atoms with Gasteiger partial charge in [-0.3, -0.25) is 19.3 Å². The number of rotatable bonds is 19. The predicted octanol–water partition coefficient (Wildman–Crippen LogP) is -4.87. The number of nitrogens with zero attached hydrogens (tertiary/aromatic N) is 1. The van der Waals surface area contributed by atoms with Gasteiger partial charge in [0.05, 0.1) is 51.2 Å². The van der Waals surface area contributed by atoms with E-state index in [1.54, 1.807) is 0 Å². The van der Waals surface area contributed by atoms with Gasteiger partial charge in [0.2, 0.25) is 5.91 Å². The summed E-state index contributed by atoms with van der Waals surface area (Å²) in [5.41, 5.74) is 0. The van der Waals surface area contributed by atoms with Gasteiger partial charge in [0.15, 0.2) is 12.6 Å². The zero-order valence-corrected chi connectivity index (χ0v) is 25.9. The van der Waals surface area contributed by atoms with Gasteiger partial charge in [-0.2, -0.15) is 0 Å². The first-order valence-corrected chi connectivity index (χ1v) is 15.3. The number of hydrogen-bond acceptors (Lipinski definition) is 17. The molecule has 0 aromatic heterocycles. The van der Waals surface area contributed by atoms with Crippen LogP contribution in [-0.2, 0) is 42.8 Å².